The van der Waals surface area contributed by atoms with Crippen LogP contribution in [0.15, 0.2) is 42.5 Å². The number of amides is 1. The molecule has 1 atom stereocenters. The number of rotatable bonds is 2. The number of fused-ring (bicyclic) bond motifs is 1. The van der Waals surface area contributed by atoms with Crippen molar-refractivity contribution < 1.29 is 4.79 Å². The van der Waals surface area contributed by atoms with E-state index in [0.717, 1.165) is 24.2 Å². The summed E-state index contributed by atoms with van der Waals surface area (Å²) in [7, 11) is 0. The largest absolute Gasteiger partial charge is 0.399 e. The number of nitrogens with two attached hydrogens (primary N) is 2. The lowest BCUT2D eigenvalue weighted by molar-refractivity contribution is 0.100. The normalized spacial score (nSPS) is 17.4. The number of carbonyl (C=O) groups excluding carboxylic acids is 1. The Morgan fingerprint density at radius 3 is 2.71 bits per heavy atom. The molecule has 0 aromatic heterocycles. The Balaban J connectivity index is 2.20. The Bertz CT molecular complexity index is 696. The summed E-state index contributed by atoms with van der Waals surface area (Å²) in [5, 5.41) is 0. The third kappa shape index (κ3) is 2.33. The molecule has 4 heteroatoms. The molecule has 0 aliphatic carbocycles. The van der Waals surface area contributed by atoms with E-state index < -0.39 is 5.91 Å². The van der Waals surface area contributed by atoms with Gasteiger partial charge >= 0.3 is 0 Å². The topological polar surface area (TPSA) is 72.3 Å². The van der Waals surface area contributed by atoms with Gasteiger partial charge in [0.05, 0.1) is 11.3 Å². The number of hydrogen-bond acceptors (Lipinski definition) is 3. The van der Waals surface area contributed by atoms with Gasteiger partial charge in [-0.2, -0.15) is 0 Å². The number of primary amides is 1. The molecule has 4 N–H and O–H groups in total. The van der Waals surface area contributed by atoms with Crippen LogP contribution in [0.5, 0.6) is 0 Å². The second-order valence-corrected chi connectivity index (χ2v) is 5.53. The smallest absolute Gasteiger partial charge is 0.250 e. The van der Waals surface area contributed by atoms with Crippen LogP contribution in [0, 0.1) is 0 Å². The van der Waals surface area contributed by atoms with Crippen molar-refractivity contribution in [3.8, 4) is 0 Å². The summed E-state index contributed by atoms with van der Waals surface area (Å²) in [6.07, 6.45) is 2.08. The lowest BCUT2D eigenvalue weighted by atomic mass is 9.95. The first kappa shape index (κ1) is 13.5. The van der Waals surface area contributed by atoms with Crippen LogP contribution in [0.1, 0.15) is 29.3 Å². The van der Waals surface area contributed by atoms with E-state index in [0.29, 0.717) is 17.3 Å². The number of nitrogens with zero attached hydrogens (tertiary/aromatic N) is 1. The lowest BCUT2D eigenvalue weighted by Gasteiger charge is -2.38. The first-order chi connectivity index (χ1) is 10.1. The van der Waals surface area contributed by atoms with Crippen LogP contribution >= 0.6 is 0 Å². The molecule has 0 bridgehead atoms. The summed E-state index contributed by atoms with van der Waals surface area (Å²) in [5.74, 6) is -0.430. The molecular weight excluding hydrogens is 262 g/mol. The highest BCUT2D eigenvalue weighted by Gasteiger charge is 2.26. The molecule has 0 fully saturated rings. The molecule has 2 aromatic carbocycles. The fraction of sp³-hybridized carbons (Fsp3) is 0.235. The zero-order valence-corrected chi connectivity index (χ0v) is 12.0. The highest BCUT2D eigenvalue weighted by molar-refractivity contribution is 6.00. The van der Waals surface area contributed by atoms with Gasteiger partial charge in [-0.3, -0.25) is 4.79 Å². The van der Waals surface area contributed by atoms with E-state index in [2.05, 4.69) is 24.0 Å². The molecule has 0 saturated heterocycles. The molecule has 1 amide bonds. The predicted molar refractivity (Wildman–Crippen MR) is 85.7 cm³/mol. The zero-order valence-electron chi connectivity index (χ0n) is 12.0. The third-order valence-electron chi connectivity index (χ3n) is 4.07. The average molecular weight is 281 g/mol. The van der Waals surface area contributed by atoms with Crippen molar-refractivity contribution in [3.63, 3.8) is 0 Å². The van der Waals surface area contributed by atoms with Crippen molar-refractivity contribution in [1.29, 1.82) is 0 Å². The van der Waals surface area contributed by atoms with Gasteiger partial charge in [0.2, 0.25) is 0 Å². The molecule has 1 unspecified atom stereocenters. The van der Waals surface area contributed by atoms with Crippen LogP contribution in [0.3, 0.4) is 0 Å². The number of aryl methyl sites for hydroxylation is 1. The SMILES string of the molecule is CC1CCc2ccccc2N1c1cc(N)ccc1C(N)=O. The Morgan fingerprint density at radius 1 is 1.19 bits per heavy atom. The molecule has 108 valence electrons. The summed E-state index contributed by atoms with van der Waals surface area (Å²) < 4.78 is 0. The summed E-state index contributed by atoms with van der Waals surface area (Å²) in [6, 6.07) is 13.8. The van der Waals surface area contributed by atoms with E-state index in [-0.39, 0.29) is 0 Å². The maximum Gasteiger partial charge on any atom is 0.250 e. The first-order valence-corrected chi connectivity index (χ1v) is 7.14. The molecule has 0 radical (unpaired) electrons. The molecular formula is C17H19N3O. The van der Waals surface area contributed by atoms with Gasteiger partial charge in [-0.1, -0.05) is 18.2 Å². The van der Waals surface area contributed by atoms with Gasteiger partial charge in [-0.15, -0.1) is 0 Å². The van der Waals surface area contributed by atoms with Crippen LogP contribution in [-0.2, 0) is 6.42 Å². The van der Waals surface area contributed by atoms with Gasteiger partial charge in [0.15, 0.2) is 0 Å². The van der Waals surface area contributed by atoms with E-state index in [1.165, 1.54) is 5.56 Å². The summed E-state index contributed by atoms with van der Waals surface area (Å²) in [5.41, 5.74) is 15.8. The van der Waals surface area contributed by atoms with Crippen LogP contribution in [0.4, 0.5) is 17.1 Å². The van der Waals surface area contributed by atoms with Gasteiger partial charge in [0.1, 0.15) is 0 Å². The summed E-state index contributed by atoms with van der Waals surface area (Å²) in [4.78, 5) is 13.9. The maximum atomic E-state index is 11.7. The van der Waals surface area contributed by atoms with E-state index in [9.17, 15) is 4.79 Å². The molecule has 1 aliphatic rings. The minimum Gasteiger partial charge on any atom is -0.399 e. The number of benzene rings is 2. The Hall–Kier alpha value is -2.49. The van der Waals surface area contributed by atoms with E-state index in [1.807, 2.05) is 18.2 Å². The molecule has 0 spiro atoms. The van der Waals surface area contributed by atoms with Crippen molar-refractivity contribution >= 4 is 23.0 Å². The van der Waals surface area contributed by atoms with Crippen LogP contribution in [-0.4, -0.2) is 11.9 Å². The fourth-order valence-corrected chi connectivity index (χ4v) is 3.01. The highest BCUT2D eigenvalue weighted by atomic mass is 16.1. The van der Waals surface area contributed by atoms with Crippen molar-refractivity contribution in [3.05, 3.63) is 53.6 Å². The number of carbonyl (C=O) groups is 1. The second kappa shape index (κ2) is 5.13. The Labute approximate surface area is 124 Å². The van der Waals surface area contributed by atoms with Crippen molar-refractivity contribution in [1.82, 2.24) is 0 Å². The number of anilines is 3. The van der Waals surface area contributed by atoms with Crippen molar-refractivity contribution in [2.75, 3.05) is 10.6 Å². The minimum atomic E-state index is -0.430. The average Bonchev–Trinajstić information content (AvgIpc) is 2.46. The molecule has 1 aliphatic heterocycles. The fourth-order valence-electron chi connectivity index (χ4n) is 3.01. The van der Waals surface area contributed by atoms with E-state index in [1.54, 1.807) is 12.1 Å². The standard InChI is InChI=1S/C17H19N3O/c1-11-6-7-12-4-2-3-5-15(12)20(11)16-10-13(18)8-9-14(16)17(19)21/h2-5,8-11H,6-7,18H2,1H3,(H2,19,21). The highest BCUT2D eigenvalue weighted by Crippen LogP contribution is 2.38. The number of hydrogen-bond donors (Lipinski definition) is 2. The van der Waals surface area contributed by atoms with Gasteiger partial charge in [0, 0.05) is 17.4 Å². The molecule has 1 heterocycles. The van der Waals surface area contributed by atoms with Crippen LogP contribution < -0.4 is 16.4 Å². The molecule has 21 heavy (non-hydrogen) atoms. The van der Waals surface area contributed by atoms with Gasteiger partial charge in [-0.25, -0.2) is 0 Å². The molecule has 2 aromatic rings. The Kier molecular flexibility index (Phi) is 3.29. The van der Waals surface area contributed by atoms with Crippen molar-refractivity contribution in [2.45, 2.75) is 25.8 Å². The third-order valence-corrected chi connectivity index (χ3v) is 4.07. The second-order valence-electron chi connectivity index (χ2n) is 5.53. The van der Waals surface area contributed by atoms with Gasteiger partial charge in [0.25, 0.3) is 5.91 Å². The van der Waals surface area contributed by atoms with E-state index in [4.69, 9.17) is 11.5 Å². The Morgan fingerprint density at radius 2 is 1.95 bits per heavy atom. The number of para-hydroxylation sites is 1. The maximum absolute atomic E-state index is 11.7. The molecule has 3 rings (SSSR count). The van der Waals surface area contributed by atoms with Crippen LogP contribution in [0.2, 0.25) is 0 Å². The van der Waals surface area contributed by atoms with Gasteiger partial charge in [-0.05, 0) is 49.6 Å². The zero-order chi connectivity index (χ0) is 15.0. The predicted octanol–water partition coefficient (Wildman–Crippen LogP) is 2.84. The van der Waals surface area contributed by atoms with Gasteiger partial charge < -0.3 is 16.4 Å². The quantitative estimate of drug-likeness (QED) is 0.831. The summed E-state index contributed by atoms with van der Waals surface area (Å²) >= 11 is 0. The van der Waals surface area contributed by atoms with Crippen molar-refractivity contribution in [2.24, 2.45) is 5.73 Å². The first-order valence-electron chi connectivity index (χ1n) is 7.14. The molecule has 0 saturated carbocycles. The van der Waals surface area contributed by atoms with Crippen LogP contribution in [0.25, 0.3) is 0 Å². The van der Waals surface area contributed by atoms with E-state index >= 15 is 0 Å². The monoisotopic (exact) mass is 281 g/mol. The molecule has 4 nitrogen and oxygen atoms in total. The summed E-state index contributed by atoms with van der Waals surface area (Å²) in [6.45, 7) is 2.16. The minimum absolute atomic E-state index is 0.291. The number of nitrogen functional groups attached to an aromatic ring is 1. The lowest BCUT2D eigenvalue weighted by Crippen LogP contribution is -2.34.